The summed E-state index contributed by atoms with van der Waals surface area (Å²) in [4.78, 5) is 19.2. The maximum atomic E-state index is 12.5. The molecule has 0 aliphatic carbocycles. The lowest BCUT2D eigenvalue weighted by molar-refractivity contribution is 0.102. The number of aryl methyl sites for hydroxylation is 1. The topological polar surface area (TPSA) is 45.2 Å². The minimum Gasteiger partial charge on any atom is -0.366 e. The largest absolute Gasteiger partial charge is 0.366 e. The third-order valence-electron chi connectivity index (χ3n) is 4.59. The number of amides is 1. The van der Waals surface area contributed by atoms with Gasteiger partial charge in [-0.1, -0.05) is 55.5 Å². The van der Waals surface area contributed by atoms with Crippen LogP contribution in [0.15, 0.2) is 72.9 Å². The molecule has 1 heterocycles. The molecule has 0 saturated heterocycles. The maximum Gasteiger partial charge on any atom is 0.274 e. The number of benzene rings is 2. The van der Waals surface area contributed by atoms with Crippen LogP contribution < -0.4 is 10.2 Å². The van der Waals surface area contributed by atoms with Crippen molar-refractivity contribution in [3.63, 3.8) is 0 Å². The van der Waals surface area contributed by atoms with E-state index in [0.717, 1.165) is 36.4 Å². The Morgan fingerprint density at radius 1 is 0.963 bits per heavy atom. The molecule has 4 heteroatoms. The Morgan fingerprint density at radius 2 is 1.70 bits per heavy atom. The van der Waals surface area contributed by atoms with Gasteiger partial charge in [0.15, 0.2) is 0 Å². The van der Waals surface area contributed by atoms with Crippen LogP contribution in [0.2, 0.25) is 0 Å². The molecule has 0 aliphatic heterocycles. The first-order valence-electron chi connectivity index (χ1n) is 9.35. The molecule has 1 amide bonds. The summed E-state index contributed by atoms with van der Waals surface area (Å²) in [5.74, 6) is -0.187. The number of pyridine rings is 1. The van der Waals surface area contributed by atoms with Gasteiger partial charge in [-0.05, 0) is 42.7 Å². The first kappa shape index (κ1) is 18.6. The summed E-state index contributed by atoms with van der Waals surface area (Å²) in [6.45, 7) is 5.87. The van der Waals surface area contributed by atoms with E-state index in [1.54, 1.807) is 12.3 Å². The SMILES string of the molecule is CCc1ccccc1NC(=O)c1ccc(N(CC)Cc2ccccc2)cn1. The van der Waals surface area contributed by atoms with Crippen molar-refractivity contribution >= 4 is 17.3 Å². The van der Waals surface area contributed by atoms with Gasteiger partial charge in [-0.25, -0.2) is 4.98 Å². The van der Waals surface area contributed by atoms with Crippen molar-refractivity contribution in [3.05, 3.63) is 89.7 Å². The van der Waals surface area contributed by atoms with Gasteiger partial charge in [0.05, 0.1) is 11.9 Å². The molecule has 0 saturated carbocycles. The molecule has 0 atom stereocenters. The average Bonchev–Trinajstić information content (AvgIpc) is 2.73. The van der Waals surface area contributed by atoms with E-state index in [9.17, 15) is 4.79 Å². The van der Waals surface area contributed by atoms with Gasteiger partial charge in [-0.15, -0.1) is 0 Å². The number of nitrogens with zero attached hydrogens (tertiary/aromatic N) is 2. The van der Waals surface area contributed by atoms with Gasteiger partial charge in [0.25, 0.3) is 5.91 Å². The van der Waals surface area contributed by atoms with E-state index in [0.29, 0.717) is 5.69 Å². The van der Waals surface area contributed by atoms with Crippen molar-refractivity contribution in [2.45, 2.75) is 26.8 Å². The van der Waals surface area contributed by atoms with Gasteiger partial charge in [0, 0.05) is 18.8 Å². The number of carbonyl (C=O) groups excluding carboxylic acids is 1. The summed E-state index contributed by atoms with van der Waals surface area (Å²) in [6, 6.07) is 21.9. The minimum atomic E-state index is -0.187. The minimum absolute atomic E-state index is 0.187. The van der Waals surface area contributed by atoms with Crippen LogP contribution in [0.5, 0.6) is 0 Å². The van der Waals surface area contributed by atoms with Crippen LogP contribution in [0.1, 0.15) is 35.5 Å². The van der Waals surface area contributed by atoms with Crippen molar-refractivity contribution in [1.29, 1.82) is 0 Å². The second-order valence-electron chi connectivity index (χ2n) is 6.37. The van der Waals surface area contributed by atoms with Crippen LogP contribution in [0.4, 0.5) is 11.4 Å². The van der Waals surface area contributed by atoms with E-state index >= 15 is 0 Å². The standard InChI is InChI=1S/C23H25N3O/c1-3-19-12-8-9-13-21(19)25-23(27)22-15-14-20(16-24-22)26(4-2)17-18-10-6-5-7-11-18/h5-16H,3-4,17H2,1-2H3,(H,25,27). The zero-order valence-electron chi connectivity index (χ0n) is 15.9. The fourth-order valence-corrected chi connectivity index (χ4v) is 3.03. The smallest absolute Gasteiger partial charge is 0.274 e. The number of anilines is 2. The summed E-state index contributed by atoms with van der Waals surface area (Å²) >= 11 is 0. The molecule has 0 aliphatic rings. The Morgan fingerprint density at radius 3 is 2.37 bits per heavy atom. The first-order valence-corrected chi connectivity index (χ1v) is 9.35. The summed E-state index contributed by atoms with van der Waals surface area (Å²) < 4.78 is 0. The van der Waals surface area contributed by atoms with E-state index in [1.807, 2.05) is 48.5 Å². The molecule has 4 nitrogen and oxygen atoms in total. The molecule has 27 heavy (non-hydrogen) atoms. The van der Waals surface area contributed by atoms with Crippen molar-refractivity contribution in [3.8, 4) is 0 Å². The quantitative estimate of drug-likeness (QED) is 0.651. The molecule has 2 aromatic carbocycles. The molecule has 0 unspecified atom stereocenters. The fraction of sp³-hybridized carbons (Fsp3) is 0.217. The Bertz CT molecular complexity index is 876. The number of para-hydroxylation sites is 1. The zero-order chi connectivity index (χ0) is 19.1. The monoisotopic (exact) mass is 359 g/mol. The Labute approximate surface area is 160 Å². The molecule has 0 spiro atoms. The normalized spacial score (nSPS) is 10.4. The van der Waals surface area contributed by atoms with Gasteiger partial charge >= 0.3 is 0 Å². The Kier molecular flexibility index (Phi) is 6.21. The van der Waals surface area contributed by atoms with Gasteiger partial charge in [-0.2, -0.15) is 0 Å². The van der Waals surface area contributed by atoms with Crippen LogP contribution in [0, 0.1) is 0 Å². The number of hydrogen-bond acceptors (Lipinski definition) is 3. The summed E-state index contributed by atoms with van der Waals surface area (Å²) in [5, 5.41) is 2.97. The zero-order valence-corrected chi connectivity index (χ0v) is 15.9. The van der Waals surface area contributed by atoms with Crippen LogP contribution >= 0.6 is 0 Å². The summed E-state index contributed by atoms with van der Waals surface area (Å²) in [7, 11) is 0. The molecule has 1 aromatic heterocycles. The lowest BCUT2D eigenvalue weighted by Gasteiger charge is -2.23. The lowest BCUT2D eigenvalue weighted by Crippen LogP contribution is -2.22. The van der Waals surface area contributed by atoms with Crippen molar-refractivity contribution in [2.24, 2.45) is 0 Å². The fourth-order valence-electron chi connectivity index (χ4n) is 3.03. The third-order valence-corrected chi connectivity index (χ3v) is 4.59. The van der Waals surface area contributed by atoms with E-state index in [1.165, 1.54) is 5.56 Å². The van der Waals surface area contributed by atoms with Crippen LogP contribution in [-0.2, 0) is 13.0 Å². The number of nitrogens with one attached hydrogen (secondary N) is 1. The summed E-state index contributed by atoms with van der Waals surface area (Å²) in [5.41, 5.74) is 4.63. The van der Waals surface area contributed by atoms with Crippen molar-refractivity contribution < 1.29 is 4.79 Å². The van der Waals surface area contributed by atoms with E-state index in [4.69, 9.17) is 0 Å². The van der Waals surface area contributed by atoms with Crippen LogP contribution in [0.3, 0.4) is 0 Å². The number of hydrogen-bond donors (Lipinski definition) is 1. The van der Waals surface area contributed by atoms with Crippen molar-refractivity contribution in [2.75, 3.05) is 16.8 Å². The predicted octanol–water partition coefficient (Wildman–Crippen LogP) is 4.92. The Balaban J connectivity index is 1.71. The molecule has 0 fully saturated rings. The van der Waals surface area contributed by atoms with Gasteiger partial charge in [0.2, 0.25) is 0 Å². The predicted molar refractivity (Wildman–Crippen MR) is 111 cm³/mol. The van der Waals surface area contributed by atoms with Gasteiger partial charge in [-0.3, -0.25) is 4.79 Å². The Hall–Kier alpha value is -3.14. The molecule has 0 radical (unpaired) electrons. The highest BCUT2D eigenvalue weighted by Gasteiger charge is 2.11. The maximum absolute atomic E-state index is 12.5. The highest BCUT2D eigenvalue weighted by molar-refractivity contribution is 6.03. The number of aromatic nitrogens is 1. The van der Waals surface area contributed by atoms with Crippen molar-refractivity contribution in [1.82, 2.24) is 4.98 Å². The van der Waals surface area contributed by atoms with E-state index in [-0.39, 0.29) is 5.91 Å². The van der Waals surface area contributed by atoms with Gasteiger partial charge < -0.3 is 10.2 Å². The molecule has 3 aromatic rings. The molecule has 1 N–H and O–H groups in total. The molecule has 138 valence electrons. The molecule has 3 rings (SSSR count). The highest BCUT2D eigenvalue weighted by atomic mass is 16.1. The molecule has 0 bridgehead atoms. The second-order valence-corrected chi connectivity index (χ2v) is 6.37. The first-order chi connectivity index (χ1) is 13.2. The average molecular weight is 359 g/mol. The van der Waals surface area contributed by atoms with E-state index in [2.05, 4.69) is 41.2 Å². The van der Waals surface area contributed by atoms with Crippen LogP contribution in [0.25, 0.3) is 0 Å². The highest BCUT2D eigenvalue weighted by Crippen LogP contribution is 2.19. The molecular formula is C23H25N3O. The van der Waals surface area contributed by atoms with Crippen LogP contribution in [-0.4, -0.2) is 17.4 Å². The number of carbonyl (C=O) groups is 1. The van der Waals surface area contributed by atoms with Gasteiger partial charge in [0.1, 0.15) is 5.69 Å². The summed E-state index contributed by atoms with van der Waals surface area (Å²) in [6.07, 6.45) is 2.64. The molecular weight excluding hydrogens is 334 g/mol. The second kappa shape index (κ2) is 8.99. The lowest BCUT2D eigenvalue weighted by atomic mass is 10.1. The number of rotatable bonds is 7. The third kappa shape index (κ3) is 4.73. The van der Waals surface area contributed by atoms with E-state index < -0.39 is 0 Å².